The van der Waals surface area contributed by atoms with Gasteiger partial charge in [0.15, 0.2) is 0 Å². The Labute approximate surface area is 427 Å². The maximum absolute atomic E-state index is 2.82. The molecule has 0 atom stereocenters. The van der Waals surface area contributed by atoms with E-state index in [1.54, 1.807) is 0 Å². The van der Waals surface area contributed by atoms with Crippen molar-refractivity contribution in [3.05, 3.63) is 183 Å². The molecule has 1 aliphatic carbocycles. The Balaban J connectivity index is 1.31. The summed E-state index contributed by atoms with van der Waals surface area (Å²) in [6.07, 6.45) is 0. The zero-order valence-electron chi connectivity index (χ0n) is 44.9. The van der Waals surface area contributed by atoms with E-state index in [-0.39, 0.29) is 17.5 Å². The summed E-state index contributed by atoms with van der Waals surface area (Å²) in [5.41, 5.74) is 31.1. The Kier molecular flexibility index (Phi) is 8.79. The van der Waals surface area contributed by atoms with E-state index in [9.17, 15) is 0 Å². The van der Waals surface area contributed by atoms with Gasteiger partial charge >= 0.3 is 0 Å². The third-order valence-electron chi connectivity index (χ3n) is 18.0. The van der Waals surface area contributed by atoms with Crippen LogP contribution in [0.4, 0.5) is 0 Å². The van der Waals surface area contributed by atoms with E-state index in [0.29, 0.717) is 23.7 Å². The van der Waals surface area contributed by atoms with Crippen LogP contribution in [-0.4, -0.2) is 15.8 Å². The molecule has 0 bridgehead atoms. The smallest absolute Gasteiger partial charge is 0.252 e. The molecule has 2 aromatic heterocycles. The molecule has 10 aromatic rings. The van der Waals surface area contributed by atoms with Gasteiger partial charge in [-0.05, 0) is 160 Å². The van der Waals surface area contributed by atoms with Crippen molar-refractivity contribution >= 4 is 66.7 Å². The third kappa shape index (κ3) is 5.48. The highest BCUT2D eigenvalue weighted by Crippen LogP contribution is 2.63. The van der Waals surface area contributed by atoms with Crippen LogP contribution in [-0.2, 0) is 16.2 Å². The molecule has 3 heteroatoms. The van der Waals surface area contributed by atoms with Gasteiger partial charge in [-0.2, -0.15) is 0 Å². The minimum Gasteiger partial charge on any atom is -0.310 e. The lowest BCUT2D eigenvalue weighted by Crippen LogP contribution is -2.61. The van der Waals surface area contributed by atoms with Crippen LogP contribution in [0.1, 0.15) is 176 Å². The highest BCUT2D eigenvalue weighted by molar-refractivity contribution is 7.00. The molecule has 1 spiro atoms. The first-order valence-electron chi connectivity index (χ1n) is 27.1. The second-order valence-corrected chi connectivity index (χ2v) is 25.7. The van der Waals surface area contributed by atoms with Crippen LogP contribution in [0.3, 0.4) is 0 Å². The molecule has 356 valence electrons. The van der Waals surface area contributed by atoms with Gasteiger partial charge in [-0.1, -0.05) is 188 Å². The van der Waals surface area contributed by atoms with E-state index in [0.717, 1.165) is 0 Å². The molecule has 5 heterocycles. The van der Waals surface area contributed by atoms with Gasteiger partial charge in [0.2, 0.25) is 0 Å². The van der Waals surface area contributed by atoms with Gasteiger partial charge in [0.05, 0.1) is 22.1 Å². The lowest BCUT2D eigenvalue weighted by Gasteiger charge is -2.45. The number of hydrogen-bond acceptors (Lipinski definition) is 0. The van der Waals surface area contributed by atoms with Gasteiger partial charge in [-0.3, -0.25) is 0 Å². The van der Waals surface area contributed by atoms with Crippen molar-refractivity contribution in [3.63, 3.8) is 0 Å². The fourth-order valence-electron chi connectivity index (χ4n) is 14.1. The van der Waals surface area contributed by atoms with E-state index >= 15 is 0 Å². The monoisotopic (exact) mass is 935 g/mol. The van der Waals surface area contributed by atoms with Crippen LogP contribution >= 0.6 is 0 Å². The highest BCUT2D eigenvalue weighted by atomic mass is 15.1. The number of rotatable bonds is 5. The summed E-state index contributed by atoms with van der Waals surface area (Å²) in [5, 5.41) is 5.52. The minimum atomic E-state index is -0.586. The molecule has 72 heavy (non-hydrogen) atoms. The Morgan fingerprint density at radius 3 is 1.43 bits per heavy atom. The average molecular weight is 935 g/mol. The number of benzene rings is 8. The third-order valence-corrected chi connectivity index (χ3v) is 18.0. The molecule has 2 nitrogen and oxygen atoms in total. The molecular formula is C69H67BN2. The molecule has 0 saturated heterocycles. The van der Waals surface area contributed by atoms with Crippen molar-refractivity contribution in [2.24, 2.45) is 0 Å². The standard InChI is InChI=1S/C69H67BN2/c1-36(2)40-23-24-60-50(27-40)51-29-42(38(5)6)32-58-63(51)71(60)65-49(44-25-45(67(9,10)11)34-46(26-44)68(12,13)14)35-57-66-61(65)70(58)59-33-43(39(7)8)30-53-52-28-41(37(3)4)31-56(62(52)72(66)64(53)59)69(57)54-21-17-15-19-47(54)48-20-16-18-22-55(48)69/h15-39H,1-14H3. The molecule has 0 fully saturated rings. The van der Waals surface area contributed by atoms with E-state index in [1.807, 2.05) is 0 Å². The van der Waals surface area contributed by atoms with Gasteiger partial charge in [-0.25, -0.2) is 0 Å². The number of hydrogen-bond donors (Lipinski definition) is 0. The molecule has 0 radical (unpaired) electrons. The predicted octanol–water partition coefficient (Wildman–Crippen LogP) is 16.5. The van der Waals surface area contributed by atoms with E-state index < -0.39 is 5.41 Å². The molecule has 0 saturated carbocycles. The molecule has 4 aliphatic rings. The zero-order valence-corrected chi connectivity index (χ0v) is 44.9. The summed E-state index contributed by atoms with van der Waals surface area (Å²) < 4.78 is 5.59. The Morgan fingerprint density at radius 2 is 0.889 bits per heavy atom. The van der Waals surface area contributed by atoms with Crippen LogP contribution in [0.25, 0.3) is 77.2 Å². The number of fused-ring (bicyclic) bond motifs is 14. The Hall–Kier alpha value is -6.58. The van der Waals surface area contributed by atoms with Gasteiger partial charge in [0.1, 0.15) is 0 Å². The summed E-state index contributed by atoms with van der Waals surface area (Å²) in [4.78, 5) is 0. The van der Waals surface area contributed by atoms with Gasteiger partial charge in [0, 0.05) is 43.8 Å². The number of nitrogens with zero attached hydrogens (tertiary/aromatic N) is 2. The fraction of sp³-hybridized carbons (Fsp3) is 0.304. The van der Waals surface area contributed by atoms with Crippen LogP contribution < -0.4 is 16.4 Å². The molecule has 0 amide bonds. The highest BCUT2D eigenvalue weighted by Gasteiger charge is 2.55. The van der Waals surface area contributed by atoms with Gasteiger partial charge in [0.25, 0.3) is 6.71 Å². The fourth-order valence-corrected chi connectivity index (χ4v) is 14.1. The summed E-state index contributed by atoms with van der Waals surface area (Å²) >= 11 is 0. The Bertz CT molecular complexity index is 3990. The summed E-state index contributed by atoms with van der Waals surface area (Å²) in [5.74, 6) is 1.47. The molecular weight excluding hydrogens is 868 g/mol. The molecule has 3 aliphatic heterocycles. The predicted molar refractivity (Wildman–Crippen MR) is 310 cm³/mol. The minimum absolute atomic E-state index is 0.00256. The lowest BCUT2D eigenvalue weighted by atomic mass is 9.33. The maximum atomic E-state index is 2.82. The van der Waals surface area contributed by atoms with Gasteiger partial charge < -0.3 is 9.13 Å². The average Bonchev–Trinajstić information content (AvgIpc) is 3.97. The topological polar surface area (TPSA) is 9.86 Å². The van der Waals surface area contributed by atoms with Crippen molar-refractivity contribution in [2.75, 3.05) is 0 Å². The van der Waals surface area contributed by atoms with Crippen LogP contribution in [0.2, 0.25) is 0 Å². The van der Waals surface area contributed by atoms with Gasteiger partial charge in [-0.15, -0.1) is 0 Å². The summed E-state index contributed by atoms with van der Waals surface area (Å²) in [7, 11) is 0. The zero-order chi connectivity index (χ0) is 50.0. The second kappa shape index (κ2) is 14.3. The van der Waals surface area contributed by atoms with Crippen molar-refractivity contribution in [1.82, 2.24) is 9.13 Å². The largest absolute Gasteiger partial charge is 0.310 e. The van der Waals surface area contributed by atoms with Crippen molar-refractivity contribution < 1.29 is 0 Å². The quantitative estimate of drug-likeness (QED) is 0.152. The Morgan fingerprint density at radius 1 is 0.403 bits per heavy atom. The van der Waals surface area contributed by atoms with E-state index in [2.05, 4.69) is 233 Å². The van der Waals surface area contributed by atoms with Crippen LogP contribution in [0.5, 0.6) is 0 Å². The molecule has 8 aromatic carbocycles. The van der Waals surface area contributed by atoms with Crippen molar-refractivity contribution in [1.29, 1.82) is 0 Å². The molecule has 0 unspecified atom stereocenters. The van der Waals surface area contributed by atoms with Crippen molar-refractivity contribution in [3.8, 4) is 33.6 Å². The van der Waals surface area contributed by atoms with E-state index in [4.69, 9.17) is 0 Å². The maximum Gasteiger partial charge on any atom is 0.252 e. The molecule has 14 rings (SSSR count). The van der Waals surface area contributed by atoms with Crippen LogP contribution in [0.15, 0.2) is 127 Å². The van der Waals surface area contributed by atoms with E-state index in [1.165, 1.54) is 149 Å². The number of aromatic nitrogens is 2. The normalized spacial score (nSPS) is 14.8. The molecule has 0 N–H and O–H groups in total. The summed E-state index contributed by atoms with van der Waals surface area (Å²) in [6.45, 7) is 33.4. The second-order valence-electron chi connectivity index (χ2n) is 25.7. The summed E-state index contributed by atoms with van der Waals surface area (Å²) in [6, 6.07) is 52.4. The SMILES string of the molecule is CC(C)c1ccc2c(c1)c1cc(C(C)C)cc3c1n2-c1c(-c2cc(C(C)(C)C)cc(C(C)(C)C)c2)cc2c4c1B3c1cc(C(C)C)cc3c5cc(C(C)C)cc(c5n-4c13)C21c2ccccc2-c2ccccc21. The lowest BCUT2D eigenvalue weighted by molar-refractivity contribution is 0.569. The van der Waals surface area contributed by atoms with Crippen LogP contribution in [0, 0.1) is 0 Å². The first kappa shape index (κ1) is 44.2. The first-order chi connectivity index (χ1) is 34.3. The first-order valence-corrected chi connectivity index (χ1v) is 27.1. The van der Waals surface area contributed by atoms with Crippen molar-refractivity contribution in [2.45, 2.75) is 137 Å².